The number of hydrogen-bond acceptors (Lipinski definition) is 2. The van der Waals surface area contributed by atoms with Crippen LogP contribution < -0.4 is 4.74 Å². The smallest absolute Gasteiger partial charge is 0.165 e. The molecule has 2 nitrogen and oxygen atoms in total. The molecule has 0 aliphatic rings. The van der Waals surface area contributed by atoms with E-state index >= 15 is 0 Å². The molecule has 2 aromatic rings. The lowest BCUT2D eigenvalue weighted by Crippen LogP contribution is -2.03. The zero-order chi connectivity index (χ0) is 13.8. The van der Waals surface area contributed by atoms with Gasteiger partial charge in [-0.1, -0.05) is 18.2 Å². The number of aldehydes is 1. The van der Waals surface area contributed by atoms with Gasteiger partial charge in [0.1, 0.15) is 6.61 Å². The molecule has 0 saturated heterocycles. The Morgan fingerprint density at radius 1 is 1.00 bits per heavy atom. The SMILES string of the molecule is O=Cc1cccc(F)c1OCc1cccc(F)c1F. The molecule has 0 amide bonds. The average Bonchev–Trinajstić information content (AvgIpc) is 2.41. The van der Waals surface area contributed by atoms with Crippen LogP contribution in [0.15, 0.2) is 36.4 Å². The molecule has 0 aliphatic carbocycles. The maximum Gasteiger partial charge on any atom is 0.165 e. The number of benzene rings is 2. The van der Waals surface area contributed by atoms with E-state index < -0.39 is 17.5 Å². The van der Waals surface area contributed by atoms with Crippen LogP contribution in [-0.4, -0.2) is 6.29 Å². The summed E-state index contributed by atoms with van der Waals surface area (Å²) in [6.45, 7) is -0.370. The molecule has 0 unspecified atom stereocenters. The van der Waals surface area contributed by atoms with Crippen molar-refractivity contribution >= 4 is 6.29 Å². The largest absolute Gasteiger partial charge is 0.485 e. The summed E-state index contributed by atoms with van der Waals surface area (Å²) in [6.07, 6.45) is 0.431. The van der Waals surface area contributed by atoms with Gasteiger partial charge in [0.2, 0.25) is 0 Å². The molecule has 0 spiro atoms. The zero-order valence-corrected chi connectivity index (χ0v) is 9.70. The molecule has 0 fully saturated rings. The van der Waals surface area contributed by atoms with Crippen molar-refractivity contribution in [2.75, 3.05) is 0 Å². The first-order valence-electron chi connectivity index (χ1n) is 5.43. The van der Waals surface area contributed by atoms with Crippen LogP contribution in [0.25, 0.3) is 0 Å². The molecule has 0 aliphatic heterocycles. The molecule has 2 aromatic carbocycles. The summed E-state index contributed by atoms with van der Waals surface area (Å²) in [6, 6.07) is 7.45. The third kappa shape index (κ3) is 2.76. The first-order chi connectivity index (χ1) is 9.13. The second-order valence-electron chi connectivity index (χ2n) is 3.78. The van der Waals surface area contributed by atoms with Gasteiger partial charge in [-0.2, -0.15) is 0 Å². The van der Waals surface area contributed by atoms with Crippen LogP contribution in [0.2, 0.25) is 0 Å². The van der Waals surface area contributed by atoms with E-state index in [-0.39, 0.29) is 23.5 Å². The quantitative estimate of drug-likeness (QED) is 0.792. The van der Waals surface area contributed by atoms with E-state index in [1.54, 1.807) is 0 Å². The van der Waals surface area contributed by atoms with E-state index in [1.165, 1.54) is 24.3 Å². The van der Waals surface area contributed by atoms with E-state index in [2.05, 4.69) is 0 Å². The van der Waals surface area contributed by atoms with E-state index in [0.29, 0.717) is 6.29 Å². The van der Waals surface area contributed by atoms with E-state index in [0.717, 1.165) is 12.1 Å². The van der Waals surface area contributed by atoms with Crippen molar-refractivity contribution in [3.05, 3.63) is 65.0 Å². The van der Waals surface area contributed by atoms with Gasteiger partial charge >= 0.3 is 0 Å². The fourth-order valence-electron chi connectivity index (χ4n) is 1.58. The molecule has 19 heavy (non-hydrogen) atoms. The van der Waals surface area contributed by atoms with Crippen molar-refractivity contribution in [1.29, 1.82) is 0 Å². The molecule has 0 bridgehead atoms. The van der Waals surface area contributed by atoms with Crippen molar-refractivity contribution in [2.45, 2.75) is 6.61 Å². The predicted molar refractivity (Wildman–Crippen MR) is 62.5 cm³/mol. The molecule has 0 aromatic heterocycles. The Kier molecular flexibility index (Phi) is 3.85. The minimum atomic E-state index is -1.05. The monoisotopic (exact) mass is 266 g/mol. The number of carbonyl (C=O) groups is 1. The van der Waals surface area contributed by atoms with Gasteiger partial charge in [0.15, 0.2) is 29.5 Å². The van der Waals surface area contributed by atoms with Gasteiger partial charge in [0.25, 0.3) is 0 Å². The third-order valence-electron chi connectivity index (χ3n) is 2.53. The lowest BCUT2D eigenvalue weighted by atomic mass is 10.2. The molecule has 0 saturated carbocycles. The Bertz CT molecular complexity index is 612. The molecule has 2 rings (SSSR count). The Labute approximate surface area is 107 Å². The first kappa shape index (κ1) is 13.1. The molecular formula is C14H9F3O2. The fraction of sp³-hybridized carbons (Fsp3) is 0.0714. The second kappa shape index (κ2) is 5.56. The van der Waals surface area contributed by atoms with Crippen LogP contribution in [0.4, 0.5) is 13.2 Å². The van der Waals surface area contributed by atoms with Crippen molar-refractivity contribution < 1.29 is 22.7 Å². The van der Waals surface area contributed by atoms with Crippen molar-refractivity contribution in [2.24, 2.45) is 0 Å². The number of hydrogen-bond donors (Lipinski definition) is 0. The summed E-state index contributed by atoms with van der Waals surface area (Å²) < 4.78 is 44.9. The number of rotatable bonds is 4. The van der Waals surface area contributed by atoms with Crippen LogP contribution in [0.1, 0.15) is 15.9 Å². The average molecular weight is 266 g/mol. The molecule has 5 heteroatoms. The Hall–Kier alpha value is -2.30. The molecular weight excluding hydrogens is 257 g/mol. The predicted octanol–water partition coefficient (Wildman–Crippen LogP) is 3.50. The van der Waals surface area contributed by atoms with Gasteiger partial charge in [0, 0.05) is 5.56 Å². The Morgan fingerprint density at radius 3 is 2.42 bits per heavy atom. The standard InChI is InChI=1S/C14H9F3O2/c15-11-5-2-4-10(13(11)17)8-19-14-9(7-18)3-1-6-12(14)16/h1-7H,8H2. The van der Waals surface area contributed by atoms with Gasteiger partial charge in [0.05, 0.1) is 5.56 Å². The summed E-state index contributed by atoms with van der Waals surface area (Å²) >= 11 is 0. The summed E-state index contributed by atoms with van der Waals surface area (Å²) in [5, 5.41) is 0. The molecule has 0 atom stereocenters. The highest BCUT2D eigenvalue weighted by Crippen LogP contribution is 2.23. The highest BCUT2D eigenvalue weighted by Gasteiger charge is 2.12. The summed E-state index contributed by atoms with van der Waals surface area (Å²) in [5.74, 6) is -3.07. The topological polar surface area (TPSA) is 26.3 Å². The van der Waals surface area contributed by atoms with E-state index in [9.17, 15) is 18.0 Å². The van der Waals surface area contributed by atoms with Crippen LogP contribution >= 0.6 is 0 Å². The van der Waals surface area contributed by atoms with E-state index in [1.807, 2.05) is 0 Å². The van der Waals surface area contributed by atoms with Crippen molar-refractivity contribution in [1.82, 2.24) is 0 Å². The highest BCUT2D eigenvalue weighted by molar-refractivity contribution is 5.79. The van der Waals surface area contributed by atoms with Crippen LogP contribution in [0.3, 0.4) is 0 Å². The minimum absolute atomic E-state index is 0.0109. The number of ether oxygens (including phenoxy) is 1. The highest BCUT2D eigenvalue weighted by atomic mass is 19.2. The number of halogens is 3. The maximum absolute atomic E-state index is 13.5. The first-order valence-corrected chi connectivity index (χ1v) is 5.43. The molecule has 98 valence electrons. The number of para-hydroxylation sites is 1. The summed E-state index contributed by atoms with van der Waals surface area (Å²) in [5.41, 5.74) is -0.0445. The molecule has 0 radical (unpaired) electrons. The minimum Gasteiger partial charge on any atom is -0.485 e. The van der Waals surface area contributed by atoms with Gasteiger partial charge in [-0.15, -0.1) is 0 Å². The number of carbonyl (C=O) groups excluding carboxylic acids is 1. The zero-order valence-electron chi connectivity index (χ0n) is 9.70. The lowest BCUT2D eigenvalue weighted by molar-refractivity contribution is 0.111. The van der Waals surface area contributed by atoms with Crippen LogP contribution in [0.5, 0.6) is 5.75 Å². The second-order valence-corrected chi connectivity index (χ2v) is 3.78. The Balaban J connectivity index is 2.24. The summed E-state index contributed by atoms with van der Waals surface area (Å²) in [4.78, 5) is 10.7. The van der Waals surface area contributed by atoms with Crippen LogP contribution in [-0.2, 0) is 6.61 Å². The van der Waals surface area contributed by atoms with Gasteiger partial charge < -0.3 is 4.74 Å². The van der Waals surface area contributed by atoms with Crippen molar-refractivity contribution in [3.8, 4) is 5.75 Å². The van der Waals surface area contributed by atoms with Crippen LogP contribution in [0, 0.1) is 17.5 Å². The van der Waals surface area contributed by atoms with Gasteiger partial charge in [-0.3, -0.25) is 4.79 Å². The fourth-order valence-corrected chi connectivity index (χ4v) is 1.58. The molecule has 0 heterocycles. The van der Waals surface area contributed by atoms with E-state index in [4.69, 9.17) is 4.74 Å². The van der Waals surface area contributed by atoms with Gasteiger partial charge in [-0.25, -0.2) is 13.2 Å². The maximum atomic E-state index is 13.5. The normalized spacial score (nSPS) is 10.3. The van der Waals surface area contributed by atoms with Gasteiger partial charge in [-0.05, 0) is 18.2 Å². The summed E-state index contributed by atoms with van der Waals surface area (Å²) in [7, 11) is 0. The lowest BCUT2D eigenvalue weighted by Gasteiger charge is -2.10. The van der Waals surface area contributed by atoms with Crippen molar-refractivity contribution in [3.63, 3.8) is 0 Å². The Morgan fingerprint density at radius 2 is 1.68 bits per heavy atom. The third-order valence-corrected chi connectivity index (χ3v) is 2.53. The molecule has 0 N–H and O–H groups in total.